The van der Waals surface area contributed by atoms with Gasteiger partial charge in [0.1, 0.15) is 5.75 Å². The largest absolute Gasteiger partial charge is 0.493 e. The molecule has 3 aliphatic heterocycles. The molecule has 5 rings (SSSR count). The quantitative estimate of drug-likeness (QED) is 0.886. The van der Waals surface area contributed by atoms with Gasteiger partial charge in [0.25, 0.3) is 5.91 Å². The van der Waals surface area contributed by atoms with Crippen molar-refractivity contribution in [1.82, 2.24) is 5.32 Å². The molecule has 1 fully saturated rings. The van der Waals surface area contributed by atoms with E-state index in [0.29, 0.717) is 19.4 Å². The molecule has 5 nitrogen and oxygen atoms in total. The Bertz CT molecular complexity index is 915. The lowest BCUT2D eigenvalue weighted by atomic mass is 10.00. The second-order valence-corrected chi connectivity index (χ2v) is 8.10. The van der Waals surface area contributed by atoms with Crippen LogP contribution in [0.25, 0.3) is 0 Å². The fraction of sp³-hybridized carbons (Fsp3) is 0.300. The van der Waals surface area contributed by atoms with Gasteiger partial charge in [-0.2, -0.15) is 0 Å². The second kappa shape index (κ2) is 5.77. The molecule has 1 saturated heterocycles. The van der Waals surface area contributed by atoms with E-state index in [1.165, 1.54) is 11.8 Å². The van der Waals surface area contributed by atoms with Gasteiger partial charge in [0.05, 0.1) is 18.3 Å². The number of hydrogen-bond acceptors (Lipinski definition) is 4. The zero-order valence-corrected chi connectivity index (χ0v) is 14.9. The summed E-state index contributed by atoms with van der Waals surface area (Å²) in [6.07, 6.45) is 1.66. The molecule has 2 atom stereocenters. The van der Waals surface area contributed by atoms with Crippen molar-refractivity contribution in [1.29, 1.82) is 0 Å². The number of thioether (sulfide) groups is 1. The van der Waals surface area contributed by atoms with Crippen LogP contribution in [-0.4, -0.2) is 23.3 Å². The molecule has 2 unspecified atom stereocenters. The van der Waals surface area contributed by atoms with E-state index in [1.807, 2.05) is 48.5 Å². The molecule has 26 heavy (non-hydrogen) atoms. The third-order valence-corrected chi connectivity index (χ3v) is 6.77. The molecular weight excluding hydrogens is 348 g/mol. The molecule has 2 aromatic rings. The summed E-state index contributed by atoms with van der Waals surface area (Å²) in [5, 5.41) is 3.20. The van der Waals surface area contributed by atoms with Crippen molar-refractivity contribution >= 4 is 29.3 Å². The normalized spacial score (nSPS) is 25.9. The van der Waals surface area contributed by atoms with Crippen LogP contribution in [0.5, 0.6) is 5.75 Å². The van der Waals surface area contributed by atoms with Gasteiger partial charge in [-0.1, -0.05) is 42.1 Å². The number of anilines is 1. The second-order valence-electron chi connectivity index (χ2n) is 6.78. The van der Waals surface area contributed by atoms with Crippen molar-refractivity contribution in [2.24, 2.45) is 0 Å². The highest BCUT2D eigenvalue weighted by molar-refractivity contribution is 8.02. The maximum Gasteiger partial charge on any atom is 0.257 e. The summed E-state index contributed by atoms with van der Waals surface area (Å²) >= 11 is 1.50. The fourth-order valence-corrected chi connectivity index (χ4v) is 5.48. The number of fused-ring (bicyclic) bond motifs is 4. The monoisotopic (exact) mass is 366 g/mol. The Morgan fingerprint density at radius 3 is 2.92 bits per heavy atom. The van der Waals surface area contributed by atoms with Gasteiger partial charge in [-0.3, -0.25) is 14.5 Å². The minimum atomic E-state index is -0.867. The summed E-state index contributed by atoms with van der Waals surface area (Å²) in [5.74, 6) is 0.750. The van der Waals surface area contributed by atoms with E-state index in [1.54, 1.807) is 4.90 Å². The molecule has 0 spiro atoms. The molecule has 0 aromatic heterocycles. The molecule has 0 bridgehead atoms. The summed E-state index contributed by atoms with van der Waals surface area (Å²) in [4.78, 5) is 27.7. The van der Waals surface area contributed by atoms with Crippen LogP contribution in [-0.2, 0) is 9.59 Å². The topological polar surface area (TPSA) is 58.6 Å². The molecule has 0 radical (unpaired) electrons. The molecule has 6 heteroatoms. The Hall–Kier alpha value is -2.47. The lowest BCUT2D eigenvalue weighted by Crippen LogP contribution is -2.53. The maximum atomic E-state index is 13.4. The molecule has 132 valence electrons. The molecule has 1 N–H and O–H groups in total. The van der Waals surface area contributed by atoms with Crippen molar-refractivity contribution < 1.29 is 14.3 Å². The number of amides is 2. The number of carbonyl (C=O) groups is 2. The molecule has 3 aliphatic rings. The Kier molecular flexibility index (Phi) is 3.50. The lowest BCUT2D eigenvalue weighted by Gasteiger charge is -2.33. The highest BCUT2D eigenvalue weighted by Crippen LogP contribution is 2.56. The number of nitrogens with zero attached hydrogens (tertiary/aromatic N) is 1. The average Bonchev–Trinajstić information content (AvgIpc) is 3.18. The minimum absolute atomic E-state index is 0.0185. The van der Waals surface area contributed by atoms with Crippen LogP contribution in [0, 0.1) is 0 Å². The Labute approximate surface area is 155 Å². The third kappa shape index (κ3) is 2.18. The van der Waals surface area contributed by atoms with Crippen LogP contribution >= 0.6 is 11.8 Å². The summed E-state index contributed by atoms with van der Waals surface area (Å²) < 4.78 is 5.69. The van der Waals surface area contributed by atoms with Crippen LogP contribution in [0.1, 0.15) is 30.9 Å². The van der Waals surface area contributed by atoms with Crippen LogP contribution in [0.2, 0.25) is 0 Å². The molecule has 0 aliphatic carbocycles. The summed E-state index contributed by atoms with van der Waals surface area (Å²) in [6.45, 7) is 0.574. The molecule has 3 heterocycles. The van der Waals surface area contributed by atoms with Crippen LogP contribution in [0.4, 0.5) is 5.69 Å². The highest BCUT2D eigenvalue weighted by atomic mass is 32.2. The number of carbonyl (C=O) groups excluding carboxylic acids is 2. The van der Waals surface area contributed by atoms with E-state index in [4.69, 9.17) is 4.74 Å². The Balaban J connectivity index is 1.47. The molecular formula is C20H18N2O3S. The summed E-state index contributed by atoms with van der Waals surface area (Å²) in [6, 6.07) is 15.5. The first-order chi connectivity index (χ1) is 12.7. The van der Waals surface area contributed by atoms with E-state index in [9.17, 15) is 9.59 Å². The maximum absolute atomic E-state index is 13.4. The average molecular weight is 366 g/mol. The smallest absolute Gasteiger partial charge is 0.257 e. The van der Waals surface area contributed by atoms with Crippen molar-refractivity contribution in [3.63, 3.8) is 0 Å². The minimum Gasteiger partial charge on any atom is -0.493 e. The first kappa shape index (κ1) is 15.8. The Morgan fingerprint density at radius 2 is 2.00 bits per heavy atom. The number of para-hydroxylation sites is 2. The van der Waals surface area contributed by atoms with Crippen LogP contribution in [0.3, 0.4) is 0 Å². The standard InChI is InChI=1S/C20H18N2O3S/c23-18-9-11-20(22(18)15-6-2-4-8-17(15)26-20)19(24)21-14-10-12-25-16-7-3-1-5-13(14)16/h1-8,14H,9-12H2,(H,21,24). The van der Waals surface area contributed by atoms with E-state index < -0.39 is 4.87 Å². The zero-order chi connectivity index (χ0) is 17.7. The molecule has 0 saturated carbocycles. The van der Waals surface area contributed by atoms with E-state index in [-0.39, 0.29) is 17.9 Å². The predicted octanol–water partition coefficient (Wildman–Crippen LogP) is 3.26. The first-order valence-corrected chi connectivity index (χ1v) is 9.64. The predicted molar refractivity (Wildman–Crippen MR) is 99.2 cm³/mol. The Morgan fingerprint density at radius 1 is 1.19 bits per heavy atom. The van der Waals surface area contributed by atoms with Crippen LogP contribution in [0.15, 0.2) is 53.4 Å². The van der Waals surface area contributed by atoms with Gasteiger partial charge in [-0.25, -0.2) is 0 Å². The number of nitrogens with one attached hydrogen (secondary N) is 1. The van der Waals surface area contributed by atoms with Gasteiger partial charge in [-0.15, -0.1) is 0 Å². The van der Waals surface area contributed by atoms with Gasteiger partial charge in [0.15, 0.2) is 4.87 Å². The zero-order valence-electron chi connectivity index (χ0n) is 14.1. The highest BCUT2D eigenvalue weighted by Gasteiger charge is 2.57. The first-order valence-electron chi connectivity index (χ1n) is 8.83. The number of ether oxygens (including phenoxy) is 1. The van der Waals surface area contributed by atoms with Crippen molar-refractivity contribution in [3.05, 3.63) is 54.1 Å². The van der Waals surface area contributed by atoms with Gasteiger partial charge >= 0.3 is 0 Å². The van der Waals surface area contributed by atoms with E-state index >= 15 is 0 Å². The molecule has 2 amide bonds. The van der Waals surface area contributed by atoms with Gasteiger partial charge < -0.3 is 10.1 Å². The van der Waals surface area contributed by atoms with E-state index in [0.717, 1.165) is 28.3 Å². The number of hydrogen-bond donors (Lipinski definition) is 1. The lowest BCUT2D eigenvalue weighted by molar-refractivity contribution is -0.125. The third-order valence-electron chi connectivity index (χ3n) is 5.29. The SMILES string of the molecule is O=C1CCC2(C(=O)NC3CCOc4ccccc43)Sc3ccccc3N12. The van der Waals surface area contributed by atoms with Gasteiger partial charge in [-0.05, 0) is 24.6 Å². The number of rotatable bonds is 2. The van der Waals surface area contributed by atoms with Crippen molar-refractivity contribution in [2.45, 2.75) is 35.1 Å². The number of benzene rings is 2. The summed E-state index contributed by atoms with van der Waals surface area (Å²) in [7, 11) is 0. The van der Waals surface area contributed by atoms with E-state index in [2.05, 4.69) is 5.32 Å². The fourth-order valence-electron chi connectivity index (χ4n) is 4.06. The molecule has 2 aromatic carbocycles. The van der Waals surface area contributed by atoms with Crippen molar-refractivity contribution in [2.75, 3.05) is 11.5 Å². The van der Waals surface area contributed by atoms with Gasteiger partial charge in [0, 0.05) is 23.3 Å². The summed E-state index contributed by atoms with van der Waals surface area (Å²) in [5.41, 5.74) is 1.85. The van der Waals surface area contributed by atoms with Crippen molar-refractivity contribution in [3.8, 4) is 5.75 Å². The van der Waals surface area contributed by atoms with Gasteiger partial charge in [0.2, 0.25) is 5.91 Å². The van der Waals surface area contributed by atoms with Crippen LogP contribution < -0.4 is 15.0 Å².